The number of aliphatic carboxylic acids is 2. The molecule has 116 valence electrons. The van der Waals surface area contributed by atoms with Crippen molar-refractivity contribution in [3.8, 4) is 0 Å². The molecule has 2 atom stereocenters. The average molecular weight is 292 g/mol. The molecule has 21 heavy (non-hydrogen) atoms. The molecule has 0 heterocycles. The van der Waals surface area contributed by atoms with Crippen LogP contribution in [0, 0.1) is 17.8 Å². The van der Waals surface area contributed by atoms with Crippen molar-refractivity contribution in [3.63, 3.8) is 0 Å². The van der Waals surface area contributed by atoms with Crippen LogP contribution < -0.4 is 0 Å². The van der Waals surface area contributed by atoms with Gasteiger partial charge in [-0.05, 0) is 37.2 Å². The summed E-state index contributed by atoms with van der Waals surface area (Å²) in [7, 11) is 0. The van der Waals surface area contributed by atoms with Crippen molar-refractivity contribution < 1.29 is 19.8 Å². The molecule has 0 aromatic heterocycles. The molecular formula is C17H24O4. The molecule has 0 aliphatic carbocycles. The molecular weight excluding hydrogens is 268 g/mol. The van der Waals surface area contributed by atoms with Gasteiger partial charge in [-0.3, -0.25) is 9.59 Å². The number of benzene rings is 1. The van der Waals surface area contributed by atoms with Gasteiger partial charge in [-0.2, -0.15) is 0 Å². The molecule has 1 aromatic carbocycles. The standard InChI is InChI=1S/C17H24O4/c1-12(2)10-14(16(18)19)8-9-15(17(20)21)11-13-6-4-3-5-7-13/h3-7,12,14-15H,8-11H2,1-2H3,(H,18,19)(H,20,21). The van der Waals surface area contributed by atoms with Gasteiger partial charge >= 0.3 is 11.9 Å². The zero-order valence-corrected chi connectivity index (χ0v) is 12.7. The van der Waals surface area contributed by atoms with E-state index in [1.807, 2.05) is 44.2 Å². The lowest BCUT2D eigenvalue weighted by Crippen LogP contribution is -2.21. The van der Waals surface area contributed by atoms with Crippen LogP contribution in [0.1, 0.15) is 38.7 Å². The molecule has 0 bridgehead atoms. The fraction of sp³-hybridized carbons (Fsp3) is 0.529. The molecule has 1 rings (SSSR count). The van der Waals surface area contributed by atoms with Crippen LogP contribution in [-0.2, 0) is 16.0 Å². The number of carboxylic acid groups (broad SMARTS) is 2. The zero-order chi connectivity index (χ0) is 15.8. The molecule has 4 heteroatoms. The second kappa shape index (κ2) is 8.45. The van der Waals surface area contributed by atoms with E-state index >= 15 is 0 Å². The highest BCUT2D eigenvalue weighted by Crippen LogP contribution is 2.22. The van der Waals surface area contributed by atoms with Crippen LogP contribution in [0.25, 0.3) is 0 Å². The highest BCUT2D eigenvalue weighted by Gasteiger charge is 2.24. The maximum Gasteiger partial charge on any atom is 0.306 e. The van der Waals surface area contributed by atoms with Crippen LogP contribution in [0.4, 0.5) is 0 Å². The van der Waals surface area contributed by atoms with Gasteiger partial charge in [0.2, 0.25) is 0 Å². The molecule has 0 saturated carbocycles. The Labute approximate surface area is 125 Å². The zero-order valence-electron chi connectivity index (χ0n) is 12.7. The molecule has 0 radical (unpaired) electrons. The van der Waals surface area contributed by atoms with E-state index in [0.29, 0.717) is 31.6 Å². The van der Waals surface area contributed by atoms with Gasteiger partial charge in [-0.1, -0.05) is 44.2 Å². The number of carbonyl (C=O) groups is 2. The van der Waals surface area contributed by atoms with Crippen LogP contribution in [-0.4, -0.2) is 22.2 Å². The summed E-state index contributed by atoms with van der Waals surface area (Å²) in [6, 6.07) is 9.46. The first-order chi connectivity index (χ1) is 9.90. The summed E-state index contributed by atoms with van der Waals surface area (Å²) in [5, 5.41) is 18.5. The monoisotopic (exact) mass is 292 g/mol. The van der Waals surface area contributed by atoms with Gasteiger partial charge in [0.15, 0.2) is 0 Å². The topological polar surface area (TPSA) is 74.6 Å². The van der Waals surface area contributed by atoms with Crippen molar-refractivity contribution in [1.29, 1.82) is 0 Å². The Kier molecular flexibility index (Phi) is 6.92. The van der Waals surface area contributed by atoms with E-state index in [0.717, 1.165) is 5.56 Å². The van der Waals surface area contributed by atoms with E-state index in [-0.39, 0.29) is 0 Å². The maximum atomic E-state index is 11.4. The van der Waals surface area contributed by atoms with Crippen molar-refractivity contribution in [3.05, 3.63) is 35.9 Å². The van der Waals surface area contributed by atoms with Crippen molar-refractivity contribution in [1.82, 2.24) is 0 Å². The van der Waals surface area contributed by atoms with E-state index in [1.54, 1.807) is 0 Å². The molecule has 0 fully saturated rings. The third-order valence-electron chi connectivity index (χ3n) is 3.64. The minimum Gasteiger partial charge on any atom is -0.481 e. The highest BCUT2D eigenvalue weighted by atomic mass is 16.4. The van der Waals surface area contributed by atoms with E-state index in [4.69, 9.17) is 0 Å². The van der Waals surface area contributed by atoms with Crippen LogP contribution in [0.3, 0.4) is 0 Å². The Bertz CT molecular complexity index is 453. The third-order valence-corrected chi connectivity index (χ3v) is 3.64. The molecule has 2 N–H and O–H groups in total. The Hall–Kier alpha value is -1.84. The number of carboxylic acids is 2. The van der Waals surface area contributed by atoms with Gasteiger partial charge in [0.05, 0.1) is 11.8 Å². The van der Waals surface area contributed by atoms with Crippen LogP contribution in [0.15, 0.2) is 30.3 Å². The number of hydrogen-bond donors (Lipinski definition) is 2. The molecule has 0 aliphatic rings. The molecule has 4 nitrogen and oxygen atoms in total. The molecule has 2 unspecified atom stereocenters. The Morgan fingerprint density at radius 2 is 1.48 bits per heavy atom. The first kappa shape index (κ1) is 17.2. The van der Waals surface area contributed by atoms with Gasteiger partial charge in [0.1, 0.15) is 0 Å². The second-order valence-electron chi connectivity index (χ2n) is 5.97. The normalized spacial score (nSPS) is 13.9. The highest BCUT2D eigenvalue weighted by molar-refractivity contribution is 5.71. The van der Waals surface area contributed by atoms with E-state index in [2.05, 4.69) is 0 Å². The molecule has 1 aromatic rings. The van der Waals surface area contributed by atoms with E-state index in [1.165, 1.54) is 0 Å². The van der Waals surface area contributed by atoms with Gasteiger partial charge in [-0.15, -0.1) is 0 Å². The van der Waals surface area contributed by atoms with Crippen molar-refractivity contribution in [2.45, 2.75) is 39.5 Å². The lowest BCUT2D eigenvalue weighted by Gasteiger charge is -2.17. The Morgan fingerprint density at radius 1 is 0.952 bits per heavy atom. The molecule has 0 spiro atoms. The van der Waals surface area contributed by atoms with Gasteiger partial charge in [-0.25, -0.2) is 0 Å². The van der Waals surface area contributed by atoms with E-state index < -0.39 is 23.8 Å². The van der Waals surface area contributed by atoms with Gasteiger partial charge in [0, 0.05) is 0 Å². The summed E-state index contributed by atoms with van der Waals surface area (Å²) in [6.07, 6.45) is 1.85. The largest absolute Gasteiger partial charge is 0.481 e. The van der Waals surface area contributed by atoms with Gasteiger partial charge < -0.3 is 10.2 Å². The predicted molar refractivity (Wildman–Crippen MR) is 81.1 cm³/mol. The van der Waals surface area contributed by atoms with Crippen molar-refractivity contribution in [2.24, 2.45) is 17.8 Å². The van der Waals surface area contributed by atoms with Crippen molar-refractivity contribution in [2.75, 3.05) is 0 Å². The summed E-state index contributed by atoms with van der Waals surface area (Å²) < 4.78 is 0. The van der Waals surface area contributed by atoms with Gasteiger partial charge in [0.25, 0.3) is 0 Å². The second-order valence-corrected chi connectivity index (χ2v) is 5.97. The summed E-state index contributed by atoms with van der Waals surface area (Å²) in [5.41, 5.74) is 0.973. The fourth-order valence-electron chi connectivity index (χ4n) is 2.53. The lowest BCUT2D eigenvalue weighted by molar-refractivity contribution is -0.145. The summed E-state index contributed by atoms with van der Waals surface area (Å²) in [4.78, 5) is 22.6. The number of rotatable bonds is 9. The fourth-order valence-corrected chi connectivity index (χ4v) is 2.53. The Morgan fingerprint density at radius 3 is 1.95 bits per heavy atom. The van der Waals surface area contributed by atoms with Crippen LogP contribution >= 0.6 is 0 Å². The van der Waals surface area contributed by atoms with Crippen molar-refractivity contribution >= 4 is 11.9 Å². The first-order valence-corrected chi connectivity index (χ1v) is 7.39. The quantitative estimate of drug-likeness (QED) is 0.731. The third kappa shape index (κ3) is 6.43. The summed E-state index contributed by atoms with van der Waals surface area (Å²) in [6.45, 7) is 3.96. The molecule has 0 aliphatic heterocycles. The lowest BCUT2D eigenvalue weighted by atomic mass is 9.87. The average Bonchev–Trinajstić information content (AvgIpc) is 2.42. The summed E-state index contributed by atoms with van der Waals surface area (Å²) in [5.74, 6) is -2.37. The van der Waals surface area contributed by atoms with E-state index in [9.17, 15) is 19.8 Å². The smallest absolute Gasteiger partial charge is 0.306 e. The Balaban J connectivity index is 2.61. The van der Waals surface area contributed by atoms with Crippen LogP contribution in [0.2, 0.25) is 0 Å². The SMILES string of the molecule is CC(C)CC(CCC(Cc1ccccc1)C(=O)O)C(=O)O. The molecule has 0 amide bonds. The summed E-state index contributed by atoms with van der Waals surface area (Å²) >= 11 is 0. The minimum atomic E-state index is -0.854. The maximum absolute atomic E-state index is 11.4. The predicted octanol–water partition coefficient (Wildman–Crippen LogP) is 3.46. The number of hydrogen-bond acceptors (Lipinski definition) is 2. The minimum absolute atomic E-state index is 0.295. The first-order valence-electron chi connectivity index (χ1n) is 7.39. The molecule has 0 saturated heterocycles. The van der Waals surface area contributed by atoms with Crippen LogP contribution in [0.5, 0.6) is 0 Å².